The van der Waals surface area contributed by atoms with Crippen LogP contribution >= 0.6 is 11.3 Å². The zero-order chi connectivity index (χ0) is 12.4. The Hall–Kier alpha value is -1.14. The molecular weight excluding hydrogens is 240 g/mol. The van der Waals surface area contributed by atoms with E-state index in [1.165, 1.54) is 11.3 Å². The molecule has 1 fully saturated rings. The van der Waals surface area contributed by atoms with Gasteiger partial charge in [0.2, 0.25) is 0 Å². The Labute approximate surface area is 104 Å². The molecule has 1 aliphatic rings. The summed E-state index contributed by atoms with van der Waals surface area (Å²) in [7, 11) is 1.70. The van der Waals surface area contributed by atoms with E-state index < -0.39 is 5.97 Å². The fourth-order valence-corrected chi connectivity index (χ4v) is 3.00. The van der Waals surface area contributed by atoms with Crippen molar-refractivity contribution in [3.05, 3.63) is 10.6 Å². The molecule has 1 aliphatic heterocycles. The molecule has 0 aromatic carbocycles. The van der Waals surface area contributed by atoms with Crippen molar-refractivity contribution in [2.75, 3.05) is 25.1 Å². The van der Waals surface area contributed by atoms with Gasteiger partial charge in [-0.2, -0.15) is 0 Å². The van der Waals surface area contributed by atoms with Gasteiger partial charge in [-0.1, -0.05) is 18.3 Å². The second-order valence-corrected chi connectivity index (χ2v) is 5.00. The zero-order valence-corrected chi connectivity index (χ0v) is 10.8. The monoisotopic (exact) mass is 256 g/mol. The quantitative estimate of drug-likeness (QED) is 0.887. The third kappa shape index (κ3) is 2.42. The second kappa shape index (κ2) is 5.01. The fourth-order valence-electron chi connectivity index (χ4n) is 1.98. The maximum Gasteiger partial charge on any atom is 0.347 e. The van der Waals surface area contributed by atoms with E-state index in [1.807, 2.05) is 6.92 Å². The average molecular weight is 256 g/mol. The van der Waals surface area contributed by atoms with Crippen molar-refractivity contribution < 1.29 is 14.6 Å². The third-order valence-corrected chi connectivity index (χ3v) is 4.11. The molecule has 0 spiro atoms. The van der Waals surface area contributed by atoms with Gasteiger partial charge in [0.05, 0.1) is 11.8 Å². The molecule has 6 heteroatoms. The summed E-state index contributed by atoms with van der Waals surface area (Å²) in [5.41, 5.74) is 0.679. The van der Waals surface area contributed by atoms with E-state index in [1.54, 1.807) is 7.11 Å². The van der Waals surface area contributed by atoms with E-state index in [2.05, 4.69) is 9.88 Å². The summed E-state index contributed by atoms with van der Waals surface area (Å²) < 4.78 is 5.29. The van der Waals surface area contributed by atoms with Crippen molar-refractivity contribution in [1.29, 1.82) is 0 Å². The van der Waals surface area contributed by atoms with E-state index in [-0.39, 0.29) is 6.10 Å². The first-order valence-corrected chi connectivity index (χ1v) is 6.48. The highest BCUT2D eigenvalue weighted by Crippen LogP contribution is 2.29. The van der Waals surface area contributed by atoms with Crippen LogP contribution in [0.2, 0.25) is 0 Å². The predicted molar refractivity (Wildman–Crippen MR) is 66.1 cm³/mol. The number of rotatable bonds is 4. The minimum Gasteiger partial charge on any atom is -0.477 e. The lowest BCUT2D eigenvalue weighted by Gasteiger charge is -2.13. The SMILES string of the molecule is CCc1nc(N2CCC(OC)C2)sc1C(=O)O. The van der Waals surface area contributed by atoms with Crippen molar-refractivity contribution in [1.82, 2.24) is 4.98 Å². The number of carbonyl (C=O) groups is 1. The molecule has 1 unspecified atom stereocenters. The Morgan fingerprint density at radius 3 is 2.94 bits per heavy atom. The van der Waals surface area contributed by atoms with E-state index in [0.29, 0.717) is 17.0 Å². The van der Waals surface area contributed by atoms with Crippen LogP contribution in [0.3, 0.4) is 0 Å². The van der Waals surface area contributed by atoms with E-state index in [4.69, 9.17) is 9.84 Å². The summed E-state index contributed by atoms with van der Waals surface area (Å²) in [5.74, 6) is -0.881. The van der Waals surface area contributed by atoms with Gasteiger partial charge in [-0.05, 0) is 12.8 Å². The van der Waals surface area contributed by atoms with Crippen molar-refractivity contribution >= 4 is 22.4 Å². The zero-order valence-electron chi connectivity index (χ0n) is 9.97. The summed E-state index contributed by atoms with van der Waals surface area (Å²) in [6, 6.07) is 0. The molecule has 1 N–H and O–H groups in total. The normalized spacial score (nSPS) is 19.9. The van der Waals surface area contributed by atoms with Gasteiger partial charge in [-0.15, -0.1) is 0 Å². The Kier molecular flexibility index (Phi) is 3.63. The second-order valence-electron chi connectivity index (χ2n) is 4.02. The molecule has 0 bridgehead atoms. The Morgan fingerprint density at radius 1 is 1.71 bits per heavy atom. The number of nitrogens with zero attached hydrogens (tertiary/aromatic N) is 2. The number of carboxylic acids is 1. The Bertz CT molecular complexity index is 419. The molecule has 17 heavy (non-hydrogen) atoms. The van der Waals surface area contributed by atoms with Gasteiger partial charge in [-0.25, -0.2) is 9.78 Å². The first kappa shape index (κ1) is 12.3. The largest absolute Gasteiger partial charge is 0.477 e. The molecule has 0 radical (unpaired) electrons. The lowest BCUT2D eigenvalue weighted by atomic mass is 10.3. The number of thiazole rings is 1. The van der Waals surface area contributed by atoms with Gasteiger partial charge < -0.3 is 14.7 Å². The number of methoxy groups -OCH3 is 1. The van der Waals surface area contributed by atoms with E-state index >= 15 is 0 Å². The minimum atomic E-state index is -0.881. The molecule has 0 amide bonds. The minimum absolute atomic E-state index is 0.234. The number of ether oxygens (including phenoxy) is 1. The first-order valence-electron chi connectivity index (χ1n) is 5.66. The molecule has 0 aliphatic carbocycles. The molecule has 2 heterocycles. The van der Waals surface area contributed by atoms with Crippen molar-refractivity contribution in [3.8, 4) is 0 Å². The fraction of sp³-hybridized carbons (Fsp3) is 0.636. The Morgan fingerprint density at radius 2 is 2.47 bits per heavy atom. The summed E-state index contributed by atoms with van der Waals surface area (Å²) in [6.45, 7) is 3.60. The van der Waals surface area contributed by atoms with Crippen LogP contribution in [0.5, 0.6) is 0 Å². The van der Waals surface area contributed by atoms with Gasteiger partial charge in [0.1, 0.15) is 4.88 Å². The summed E-state index contributed by atoms with van der Waals surface area (Å²) in [6.07, 6.45) is 1.86. The van der Waals surface area contributed by atoms with E-state index in [9.17, 15) is 4.79 Å². The van der Waals surface area contributed by atoms with Gasteiger partial charge in [-0.3, -0.25) is 0 Å². The lowest BCUT2D eigenvalue weighted by Crippen LogP contribution is -2.21. The smallest absolute Gasteiger partial charge is 0.347 e. The molecule has 1 atom stereocenters. The average Bonchev–Trinajstić information content (AvgIpc) is 2.94. The molecule has 0 saturated carbocycles. The van der Waals surface area contributed by atoms with Crippen molar-refractivity contribution in [2.24, 2.45) is 0 Å². The summed E-state index contributed by atoms with van der Waals surface area (Å²) >= 11 is 1.26. The maximum absolute atomic E-state index is 11.1. The Balaban J connectivity index is 2.19. The molecule has 1 aromatic heterocycles. The summed E-state index contributed by atoms with van der Waals surface area (Å²) in [4.78, 5) is 17.9. The number of carboxylic acid groups (broad SMARTS) is 1. The molecule has 5 nitrogen and oxygen atoms in total. The highest BCUT2D eigenvalue weighted by molar-refractivity contribution is 7.17. The van der Waals surface area contributed by atoms with Crippen LogP contribution in [-0.2, 0) is 11.2 Å². The highest BCUT2D eigenvalue weighted by Gasteiger charge is 2.26. The first-order chi connectivity index (χ1) is 8.15. The van der Waals surface area contributed by atoms with Crippen LogP contribution < -0.4 is 4.90 Å². The van der Waals surface area contributed by atoms with Crippen LogP contribution in [0, 0.1) is 0 Å². The van der Waals surface area contributed by atoms with Crippen molar-refractivity contribution in [2.45, 2.75) is 25.9 Å². The topological polar surface area (TPSA) is 62.7 Å². The maximum atomic E-state index is 11.1. The van der Waals surface area contributed by atoms with Crippen LogP contribution in [0.1, 0.15) is 28.7 Å². The third-order valence-electron chi connectivity index (χ3n) is 2.96. The van der Waals surface area contributed by atoms with Gasteiger partial charge >= 0.3 is 5.97 Å². The number of hydrogen-bond acceptors (Lipinski definition) is 5. The van der Waals surface area contributed by atoms with Crippen LogP contribution in [-0.4, -0.2) is 42.4 Å². The molecule has 94 valence electrons. The standard InChI is InChI=1S/C11H16N2O3S/c1-3-8-9(10(14)15)17-11(12-8)13-5-4-7(6-13)16-2/h7H,3-6H2,1-2H3,(H,14,15). The van der Waals surface area contributed by atoms with Gasteiger partial charge in [0.25, 0.3) is 0 Å². The number of aromatic carboxylic acids is 1. The lowest BCUT2D eigenvalue weighted by molar-refractivity contribution is 0.0701. The van der Waals surface area contributed by atoms with Crippen LogP contribution in [0.4, 0.5) is 5.13 Å². The summed E-state index contributed by atoms with van der Waals surface area (Å²) in [5, 5.41) is 9.88. The number of hydrogen-bond donors (Lipinski definition) is 1. The number of aryl methyl sites for hydroxylation is 1. The number of aromatic nitrogens is 1. The highest BCUT2D eigenvalue weighted by atomic mass is 32.1. The molecule has 1 aromatic rings. The molecular formula is C11H16N2O3S. The molecule has 2 rings (SSSR count). The van der Waals surface area contributed by atoms with Gasteiger partial charge in [0, 0.05) is 20.2 Å². The van der Waals surface area contributed by atoms with Gasteiger partial charge in [0.15, 0.2) is 5.13 Å². The van der Waals surface area contributed by atoms with Crippen molar-refractivity contribution in [3.63, 3.8) is 0 Å². The molecule has 1 saturated heterocycles. The van der Waals surface area contributed by atoms with Crippen LogP contribution in [0.15, 0.2) is 0 Å². The van der Waals surface area contributed by atoms with E-state index in [0.717, 1.165) is 24.6 Å². The number of anilines is 1. The van der Waals surface area contributed by atoms with Crippen LogP contribution in [0.25, 0.3) is 0 Å². The predicted octanol–water partition coefficient (Wildman–Crippen LogP) is 1.63.